The molecule has 4 rings (SSSR count). The standard InChI is InChI=1S/C18H19ClN4S2/c1-22-5-4-21-18(22)24-16-7-13-10-23(11-14(13)8-16)25-15-2-3-17(19)12(6-15)9-20/h2-6,13-14,16H,7-8,10-11H2,1H3/t13-,14+,16?. The van der Waals surface area contributed by atoms with E-state index in [-0.39, 0.29) is 0 Å². The van der Waals surface area contributed by atoms with Gasteiger partial charge in [-0.25, -0.2) is 9.29 Å². The van der Waals surface area contributed by atoms with E-state index in [4.69, 9.17) is 16.9 Å². The molecule has 1 aromatic heterocycles. The third kappa shape index (κ3) is 3.70. The van der Waals surface area contributed by atoms with Crippen molar-refractivity contribution in [2.24, 2.45) is 18.9 Å². The summed E-state index contributed by atoms with van der Waals surface area (Å²) in [5.41, 5.74) is 0.553. The number of rotatable bonds is 4. The molecule has 0 radical (unpaired) electrons. The summed E-state index contributed by atoms with van der Waals surface area (Å²) in [7, 11) is 2.06. The number of hydrogen-bond acceptors (Lipinski definition) is 5. The fourth-order valence-corrected chi connectivity index (χ4v) is 6.41. The molecule has 2 heterocycles. The number of imidazole rings is 1. The van der Waals surface area contributed by atoms with Crippen molar-refractivity contribution in [1.29, 1.82) is 5.26 Å². The minimum Gasteiger partial charge on any atom is -0.329 e. The van der Waals surface area contributed by atoms with E-state index in [0.717, 1.165) is 35.0 Å². The third-order valence-corrected chi connectivity index (χ3v) is 7.69. The van der Waals surface area contributed by atoms with Crippen LogP contribution in [0.5, 0.6) is 0 Å². The van der Waals surface area contributed by atoms with Crippen LogP contribution in [0.15, 0.2) is 40.6 Å². The van der Waals surface area contributed by atoms with Gasteiger partial charge in [-0.2, -0.15) is 5.26 Å². The van der Waals surface area contributed by atoms with E-state index < -0.39 is 0 Å². The second-order valence-corrected chi connectivity index (χ2v) is 9.59. The second kappa shape index (κ2) is 7.24. The monoisotopic (exact) mass is 390 g/mol. The summed E-state index contributed by atoms with van der Waals surface area (Å²) >= 11 is 9.71. The zero-order valence-corrected chi connectivity index (χ0v) is 16.3. The Kier molecular flexibility index (Phi) is 5.01. The highest BCUT2D eigenvalue weighted by Crippen LogP contribution is 2.46. The maximum atomic E-state index is 9.12. The molecule has 2 fully saturated rings. The van der Waals surface area contributed by atoms with Crippen LogP contribution in [-0.4, -0.2) is 32.2 Å². The van der Waals surface area contributed by atoms with Crippen LogP contribution in [0.3, 0.4) is 0 Å². The SMILES string of the molecule is Cn1ccnc1SC1C[C@@H]2CN(Sc3ccc(Cl)c(C#N)c3)C[C@@H]2C1. The molecule has 0 N–H and O–H groups in total. The van der Waals surface area contributed by atoms with Crippen LogP contribution in [-0.2, 0) is 7.05 Å². The number of hydrogen-bond donors (Lipinski definition) is 0. The van der Waals surface area contributed by atoms with Crippen molar-refractivity contribution in [3.05, 3.63) is 41.2 Å². The first-order valence-corrected chi connectivity index (χ1v) is 10.4. The normalized spacial score (nSPS) is 25.9. The van der Waals surface area contributed by atoms with E-state index in [1.807, 2.05) is 42.4 Å². The Bertz CT molecular complexity index is 802. The molecule has 1 saturated carbocycles. The smallest absolute Gasteiger partial charge is 0.167 e. The van der Waals surface area contributed by atoms with Crippen molar-refractivity contribution >= 4 is 35.3 Å². The minimum absolute atomic E-state index is 0.527. The number of nitrogens with zero attached hydrogens (tertiary/aromatic N) is 4. The zero-order chi connectivity index (χ0) is 17.4. The number of aromatic nitrogens is 2. The molecule has 25 heavy (non-hydrogen) atoms. The zero-order valence-electron chi connectivity index (χ0n) is 13.9. The summed E-state index contributed by atoms with van der Waals surface area (Å²) in [4.78, 5) is 5.54. The van der Waals surface area contributed by atoms with Gasteiger partial charge in [-0.1, -0.05) is 23.4 Å². The highest BCUT2D eigenvalue weighted by Gasteiger charge is 2.41. The van der Waals surface area contributed by atoms with Crippen LogP contribution < -0.4 is 0 Å². The number of fused-ring (bicyclic) bond motifs is 1. The summed E-state index contributed by atoms with van der Waals surface area (Å²) in [5, 5.41) is 11.5. The van der Waals surface area contributed by atoms with Crippen LogP contribution in [0.4, 0.5) is 0 Å². The van der Waals surface area contributed by atoms with Crippen molar-refractivity contribution in [2.45, 2.75) is 28.1 Å². The number of thioether (sulfide) groups is 1. The van der Waals surface area contributed by atoms with Crippen molar-refractivity contribution in [1.82, 2.24) is 13.9 Å². The molecule has 7 heteroatoms. The molecule has 2 aromatic rings. The lowest BCUT2D eigenvalue weighted by Crippen LogP contribution is -2.15. The Labute approximate surface area is 161 Å². The molecule has 1 aliphatic carbocycles. The lowest BCUT2D eigenvalue weighted by Gasteiger charge is -2.17. The summed E-state index contributed by atoms with van der Waals surface area (Å²) in [6.45, 7) is 2.24. The van der Waals surface area contributed by atoms with Crippen LogP contribution in [0.25, 0.3) is 0 Å². The van der Waals surface area contributed by atoms with Gasteiger partial charge < -0.3 is 4.57 Å². The van der Waals surface area contributed by atoms with Gasteiger partial charge >= 0.3 is 0 Å². The van der Waals surface area contributed by atoms with Crippen molar-refractivity contribution in [3.63, 3.8) is 0 Å². The molecule has 2 aliphatic rings. The maximum Gasteiger partial charge on any atom is 0.167 e. The van der Waals surface area contributed by atoms with Crippen LogP contribution >= 0.6 is 35.3 Å². The molecule has 1 aromatic carbocycles. The summed E-state index contributed by atoms with van der Waals surface area (Å²) in [6, 6.07) is 7.87. The molecule has 1 aliphatic heterocycles. The summed E-state index contributed by atoms with van der Waals surface area (Å²) < 4.78 is 4.55. The van der Waals surface area contributed by atoms with Gasteiger partial charge in [-0.05, 0) is 54.8 Å². The van der Waals surface area contributed by atoms with Crippen molar-refractivity contribution < 1.29 is 0 Å². The first-order valence-electron chi connectivity index (χ1n) is 8.39. The molecule has 0 amide bonds. The maximum absolute atomic E-state index is 9.12. The van der Waals surface area contributed by atoms with E-state index >= 15 is 0 Å². The highest BCUT2D eigenvalue weighted by atomic mass is 35.5. The quantitative estimate of drug-likeness (QED) is 0.721. The van der Waals surface area contributed by atoms with Gasteiger partial charge in [0.15, 0.2) is 5.16 Å². The molecule has 3 atom stereocenters. The van der Waals surface area contributed by atoms with Gasteiger partial charge in [0.2, 0.25) is 0 Å². The largest absolute Gasteiger partial charge is 0.329 e. The van der Waals surface area contributed by atoms with Gasteiger partial charge in [0.25, 0.3) is 0 Å². The second-order valence-electron chi connectivity index (χ2n) is 6.74. The molecule has 130 valence electrons. The van der Waals surface area contributed by atoms with Crippen LogP contribution in [0, 0.1) is 23.2 Å². The molecular formula is C18H19ClN4S2. The average Bonchev–Trinajstić information content (AvgIpc) is 3.25. The first-order chi connectivity index (χ1) is 12.1. The van der Waals surface area contributed by atoms with Gasteiger partial charge in [-0.15, -0.1) is 0 Å². The molecular weight excluding hydrogens is 372 g/mol. The molecule has 4 nitrogen and oxygen atoms in total. The summed E-state index contributed by atoms with van der Waals surface area (Å²) in [6.07, 6.45) is 6.42. The number of nitriles is 1. The van der Waals surface area contributed by atoms with Crippen LogP contribution in [0.1, 0.15) is 18.4 Å². The topological polar surface area (TPSA) is 44.9 Å². The van der Waals surface area contributed by atoms with E-state index in [1.165, 1.54) is 12.8 Å². The molecule has 1 unspecified atom stereocenters. The average molecular weight is 391 g/mol. The number of aryl methyl sites for hydroxylation is 1. The van der Waals surface area contributed by atoms with Crippen molar-refractivity contribution in [2.75, 3.05) is 13.1 Å². The fraction of sp³-hybridized carbons (Fsp3) is 0.444. The van der Waals surface area contributed by atoms with Gasteiger partial charge in [0, 0.05) is 42.7 Å². The Hall–Kier alpha value is -1.13. The molecule has 0 bridgehead atoms. The van der Waals surface area contributed by atoms with Gasteiger partial charge in [0.05, 0.1) is 10.6 Å². The third-order valence-electron chi connectivity index (χ3n) is 5.02. The number of benzene rings is 1. The molecule has 0 spiro atoms. The molecule has 1 saturated heterocycles. The van der Waals surface area contributed by atoms with Crippen LogP contribution in [0.2, 0.25) is 5.02 Å². The Balaban J connectivity index is 1.34. The van der Waals surface area contributed by atoms with Crippen molar-refractivity contribution in [3.8, 4) is 6.07 Å². The summed E-state index contributed by atoms with van der Waals surface area (Å²) in [5.74, 6) is 1.54. The van der Waals surface area contributed by atoms with Gasteiger partial charge in [0.1, 0.15) is 6.07 Å². The van der Waals surface area contributed by atoms with E-state index in [0.29, 0.717) is 15.8 Å². The Morgan fingerprint density at radius 1 is 1.28 bits per heavy atom. The van der Waals surface area contributed by atoms with Gasteiger partial charge in [-0.3, -0.25) is 0 Å². The number of halogens is 1. The minimum atomic E-state index is 0.527. The predicted octanol–water partition coefficient (Wildman–Crippen LogP) is 4.45. The highest BCUT2D eigenvalue weighted by molar-refractivity contribution is 7.99. The Morgan fingerprint density at radius 3 is 2.68 bits per heavy atom. The lowest BCUT2D eigenvalue weighted by molar-refractivity contribution is 0.494. The first kappa shape index (κ1) is 17.3. The fourth-order valence-electron chi connectivity index (χ4n) is 3.78. The van der Waals surface area contributed by atoms with E-state index in [9.17, 15) is 0 Å². The Morgan fingerprint density at radius 2 is 2.04 bits per heavy atom. The predicted molar refractivity (Wildman–Crippen MR) is 103 cm³/mol. The lowest BCUT2D eigenvalue weighted by atomic mass is 10.0. The van der Waals surface area contributed by atoms with E-state index in [1.54, 1.807) is 11.9 Å². The van der Waals surface area contributed by atoms with E-state index in [2.05, 4.69) is 27.0 Å².